The van der Waals surface area contributed by atoms with Crippen molar-refractivity contribution in [1.82, 2.24) is 10.2 Å². The highest BCUT2D eigenvalue weighted by Gasteiger charge is 2.48. The van der Waals surface area contributed by atoms with Gasteiger partial charge in [-0.25, -0.2) is 0 Å². The van der Waals surface area contributed by atoms with E-state index in [2.05, 4.69) is 26.1 Å². The van der Waals surface area contributed by atoms with Gasteiger partial charge in [-0.3, -0.25) is 14.5 Å². The van der Waals surface area contributed by atoms with Crippen LogP contribution in [-0.4, -0.2) is 27.0 Å². The number of carbonyl (C=O) groups excluding carboxylic acids is 2. The maximum Gasteiger partial charge on any atom is 0.301 e. The van der Waals surface area contributed by atoms with Gasteiger partial charge in [0.2, 0.25) is 5.13 Å². The minimum Gasteiger partial charge on any atom is -0.507 e. The topological polar surface area (TPSA) is 83.4 Å². The summed E-state index contributed by atoms with van der Waals surface area (Å²) < 4.78 is 0.864. The molecule has 1 unspecified atom stereocenters. The lowest BCUT2D eigenvalue weighted by Crippen LogP contribution is -2.29. The Balaban J connectivity index is 1.93. The predicted molar refractivity (Wildman–Crippen MR) is 115 cm³/mol. The summed E-state index contributed by atoms with van der Waals surface area (Å²) >= 11 is 4.62. The van der Waals surface area contributed by atoms with E-state index in [-0.39, 0.29) is 11.3 Å². The molecule has 4 rings (SSSR count). The molecule has 1 aliphatic rings. The summed E-state index contributed by atoms with van der Waals surface area (Å²) in [4.78, 5) is 27.2. The Morgan fingerprint density at radius 2 is 1.69 bits per heavy atom. The summed E-state index contributed by atoms with van der Waals surface area (Å²) in [6, 6.07) is 13.6. The minimum atomic E-state index is -0.795. The number of aromatic nitrogens is 2. The number of Topliss-reactive ketones (excluding diaryl/α,β-unsaturated/α-hetero) is 1. The van der Waals surface area contributed by atoms with Gasteiger partial charge in [0.25, 0.3) is 5.78 Å². The number of benzene rings is 2. The first-order chi connectivity index (χ1) is 13.9. The molecule has 1 fully saturated rings. The molecule has 0 aliphatic carbocycles. The average molecular weight is 470 g/mol. The first-order valence-electron chi connectivity index (χ1n) is 8.80. The highest BCUT2D eigenvalue weighted by Crippen LogP contribution is 2.43. The van der Waals surface area contributed by atoms with Crippen LogP contribution >= 0.6 is 27.3 Å². The van der Waals surface area contributed by atoms with Crippen LogP contribution in [0.25, 0.3) is 5.76 Å². The van der Waals surface area contributed by atoms with Crippen LogP contribution in [-0.2, 0) is 9.59 Å². The number of aryl methyl sites for hydroxylation is 2. The van der Waals surface area contributed by atoms with Gasteiger partial charge in [0, 0.05) is 10.0 Å². The first-order valence-corrected chi connectivity index (χ1v) is 10.4. The Bertz CT molecular complexity index is 1140. The Morgan fingerprint density at radius 3 is 2.28 bits per heavy atom. The van der Waals surface area contributed by atoms with Crippen molar-refractivity contribution in [2.45, 2.75) is 19.9 Å². The lowest BCUT2D eigenvalue weighted by Gasteiger charge is -2.22. The van der Waals surface area contributed by atoms with Crippen LogP contribution < -0.4 is 4.90 Å². The molecule has 8 heteroatoms. The van der Waals surface area contributed by atoms with Crippen LogP contribution in [0.2, 0.25) is 0 Å². The molecule has 1 amide bonds. The molecule has 1 saturated heterocycles. The smallest absolute Gasteiger partial charge is 0.301 e. The first kappa shape index (κ1) is 19.5. The summed E-state index contributed by atoms with van der Waals surface area (Å²) in [6.45, 7) is 3.71. The van der Waals surface area contributed by atoms with Gasteiger partial charge < -0.3 is 5.11 Å². The van der Waals surface area contributed by atoms with Crippen LogP contribution in [0.3, 0.4) is 0 Å². The van der Waals surface area contributed by atoms with Gasteiger partial charge in [-0.15, -0.1) is 10.2 Å². The lowest BCUT2D eigenvalue weighted by atomic mass is 9.95. The van der Waals surface area contributed by atoms with Crippen LogP contribution in [0.5, 0.6) is 0 Å². The molecule has 0 saturated carbocycles. The number of amides is 1. The maximum absolute atomic E-state index is 13.0. The van der Waals surface area contributed by atoms with Crippen LogP contribution in [0.4, 0.5) is 5.13 Å². The van der Waals surface area contributed by atoms with E-state index < -0.39 is 17.7 Å². The molecule has 0 radical (unpaired) electrons. The Hall–Kier alpha value is -2.84. The minimum absolute atomic E-state index is 0.0361. The highest BCUT2D eigenvalue weighted by atomic mass is 79.9. The number of rotatable bonds is 3. The molecule has 1 N–H and O–H groups in total. The number of halogens is 1. The summed E-state index contributed by atoms with van der Waals surface area (Å²) in [5.74, 6) is -1.69. The average Bonchev–Trinajstić information content (AvgIpc) is 3.24. The molecule has 1 atom stereocenters. The number of aliphatic hydroxyl groups excluding tert-OH is 1. The van der Waals surface area contributed by atoms with Gasteiger partial charge in [-0.1, -0.05) is 69.2 Å². The zero-order valence-electron chi connectivity index (χ0n) is 15.6. The highest BCUT2D eigenvalue weighted by molar-refractivity contribution is 9.10. The summed E-state index contributed by atoms with van der Waals surface area (Å²) in [6.07, 6.45) is 0. The fourth-order valence-electron chi connectivity index (χ4n) is 3.24. The Labute approximate surface area is 179 Å². The number of anilines is 1. The van der Waals surface area contributed by atoms with E-state index in [1.54, 1.807) is 19.1 Å². The lowest BCUT2D eigenvalue weighted by molar-refractivity contribution is -0.132. The molecule has 29 heavy (non-hydrogen) atoms. The Morgan fingerprint density at radius 1 is 1.03 bits per heavy atom. The zero-order valence-corrected chi connectivity index (χ0v) is 18.0. The molecule has 1 aliphatic heterocycles. The van der Waals surface area contributed by atoms with E-state index >= 15 is 0 Å². The van der Waals surface area contributed by atoms with Gasteiger partial charge >= 0.3 is 5.91 Å². The van der Waals surface area contributed by atoms with Crippen LogP contribution in [0.1, 0.15) is 27.7 Å². The second-order valence-electron chi connectivity index (χ2n) is 6.69. The molecule has 0 spiro atoms. The van der Waals surface area contributed by atoms with Crippen LogP contribution in [0.15, 0.2) is 58.6 Å². The molecule has 2 aromatic carbocycles. The molecule has 6 nitrogen and oxygen atoms in total. The number of carbonyl (C=O) groups is 2. The van der Waals surface area contributed by atoms with Crippen molar-refractivity contribution in [2.24, 2.45) is 0 Å². The number of hydrogen-bond acceptors (Lipinski definition) is 6. The summed E-state index contributed by atoms with van der Waals surface area (Å²) in [5, 5.41) is 20.0. The third-order valence-corrected chi connectivity index (χ3v) is 6.04. The summed E-state index contributed by atoms with van der Waals surface area (Å²) in [7, 11) is 0. The standard InChI is InChI=1S/C21H16BrN3O3S/c1-11-3-5-14(6-4-11)18(26)16-17(13-7-9-15(22)10-8-13)25(20(28)19(16)27)21-24-23-12(2)29-21/h3-10,17,26H,1-2H3/b18-16+. The van der Waals surface area contributed by atoms with Crippen molar-refractivity contribution in [2.75, 3.05) is 4.90 Å². The van der Waals surface area contributed by atoms with Crippen molar-refractivity contribution in [3.05, 3.63) is 80.3 Å². The van der Waals surface area contributed by atoms with Gasteiger partial charge in [0.1, 0.15) is 10.8 Å². The van der Waals surface area contributed by atoms with Crippen molar-refractivity contribution in [3.8, 4) is 0 Å². The third-order valence-electron chi connectivity index (χ3n) is 4.68. The second-order valence-corrected chi connectivity index (χ2v) is 8.77. The fourth-order valence-corrected chi connectivity index (χ4v) is 4.22. The number of ketones is 1. The molecule has 1 aromatic heterocycles. The van der Waals surface area contributed by atoms with Crippen molar-refractivity contribution in [1.29, 1.82) is 0 Å². The fraction of sp³-hybridized carbons (Fsp3) is 0.143. The monoisotopic (exact) mass is 469 g/mol. The van der Waals surface area contributed by atoms with E-state index in [4.69, 9.17) is 0 Å². The largest absolute Gasteiger partial charge is 0.507 e. The quantitative estimate of drug-likeness (QED) is 0.345. The van der Waals surface area contributed by atoms with Crippen molar-refractivity contribution < 1.29 is 14.7 Å². The van der Waals surface area contributed by atoms with Gasteiger partial charge in [0.15, 0.2) is 0 Å². The zero-order chi connectivity index (χ0) is 20.7. The van der Waals surface area contributed by atoms with E-state index in [1.165, 1.54) is 16.2 Å². The molecular weight excluding hydrogens is 454 g/mol. The molecule has 146 valence electrons. The summed E-state index contributed by atoms with van der Waals surface area (Å²) in [5.41, 5.74) is 2.22. The van der Waals surface area contributed by atoms with E-state index in [9.17, 15) is 14.7 Å². The third kappa shape index (κ3) is 3.49. The van der Waals surface area contributed by atoms with Gasteiger partial charge in [-0.2, -0.15) is 0 Å². The van der Waals surface area contributed by atoms with Gasteiger partial charge in [0.05, 0.1) is 11.6 Å². The van der Waals surface area contributed by atoms with Crippen molar-refractivity contribution in [3.63, 3.8) is 0 Å². The Kier molecular flexibility index (Phi) is 5.06. The van der Waals surface area contributed by atoms with E-state index in [1.807, 2.05) is 43.3 Å². The normalized spacial score (nSPS) is 18.4. The van der Waals surface area contributed by atoms with Crippen LogP contribution in [0, 0.1) is 13.8 Å². The SMILES string of the molecule is Cc1ccc(/C(O)=C2\C(=O)C(=O)N(c3nnc(C)s3)C2c2ccc(Br)cc2)cc1. The van der Waals surface area contributed by atoms with E-state index in [0.717, 1.165) is 10.0 Å². The van der Waals surface area contributed by atoms with E-state index in [0.29, 0.717) is 21.3 Å². The maximum atomic E-state index is 13.0. The van der Waals surface area contributed by atoms with Gasteiger partial charge in [-0.05, 0) is 31.5 Å². The van der Waals surface area contributed by atoms with Crippen molar-refractivity contribution >= 4 is 49.8 Å². The second kappa shape index (κ2) is 7.53. The number of aliphatic hydroxyl groups is 1. The molecule has 2 heterocycles. The molecule has 3 aromatic rings. The molecular formula is C21H16BrN3O3S. The number of nitrogens with zero attached hydrogens (tertiary/aromatic N) is 3. The number of hydrogen-bond donors (Lipinski definition) is 1. The molecule has 0 bridgehead atoms. The predicted octanol–water partition coefficient (Wildman–Crippen LogP) is 4.54.